The van der Waals surface area contributed by atoms with Gasteiger partial charge in [0.2, 0.25) is 0 Å². The minimum Gasteiger partial charge on any atom is -0.378 e. The Kier molecular flexibility index (Phi) is 7.49. The van der Waals surface area contributed by atoms with Crippen molar-refractivity contribution in [2.75, 3.05) is 14.2 Å². The van der Waals surface area contributed by atoms with Gasteiger partial charge in [0.25, 0.3) is 0 Å². The Labute approximate surface area is 144 Å². The highest BCUT2D eigenvalue weighted by atomic mass is 31.2. The van der Waals surface area contributed by atoms with E-state index in [2.05, 4.69) is 4.52 Å². The molecule has 0 aromatic heterocycles. The van der Waals surface area contributed by atoms with Gasteiger partial charge in [-0.15, -0.1) is 0 Å². The minimum atomic E-state index is -4.35. The first-order chi connectivity index (χ1) is 10.8. The van der Waals surface area contributed by atoms with Gasteiger partial charge in [-0.2, -0.15) is 0 Å². The monoisotopic (exact) mass is 382 g/mol. The predicted molar refractivity (Wildman–Crippen MR) is 89.9 cm³/mol. The van der Waals surface area contributed by atoms with Crippen LogP contribution in [0.5, 0.6) is 0 Å². The molecule has 1 saturated carbocycles. The van der Waals surface area contributed by atoms with Crippen molar-refractivity contribution in [2.45, 2.75) is 50.8 Å². The van der Waals surface area contributed by atoms with Gasteiger partial charge < -0.3 is 19.0 Å². The van der Waals surface area contributed by atoms with Gasteiger partial charge in [0.15, 0.2) is 0 Å². The van der Waals surface area contributed by atoms with Crippen LogP contribution in [0.3, 0.4) is 0 Å². The number of ether oxygens (including phenoxy) is 1. The summed E-state index contributed by atoms with van der Waals surface area (Å²) in [6.07, 6.45) is 0.230. The van der Waals surface area contributed by atoms with Crippen LogP contribution in [0.15, 0.2) is 11.9 Å². The average molecular weight is 382 g/mol. The quantitative estimate of drug-likeness (QED) is 0.511. The van der Waals surface area contributed by atoms with Crippen molar-refractivity contribution < 1.29 is 37.2 Å². The van der Waals surface area contributed by atoms with Crippen LogP contribution >= 0.6 is 15.4 Å². The van der Waals surface area contributed by atoms with E-state index in [0.717, 1.165) is 12.9 Å². The van der Waals surface area contributed by atoms with Crippen molar-refractivity contribution in [2.24, 2.45) is 5.92 Å². The number of hydrogen-bond donors (Lipinski definition) is 2. The Morgan fingerprint density at radius 1 is 1.17 bits per heavy atom. The molecule has 138 valence electrons. The maximum atomic E-state index is 12.1. The second-order valence-electron chi connectivity index (χ2n) is 6.59. The van der Waals surface area contributed by atoms with E-state index in [-0.39, 0.29) is 5.92 Å². The fourth-order valence-electron chi connectivity index (χ4n) is 2.51. The summed E-state index contributed by atoms with van der Waals surface area (Å²) in [5.74, 6) is 0.0673. The van der Waals surface area contributed by atoms with E-state index < -0.39 is 39.0 Å². The third-order valence-corrected chi connectivity index (χ3v) is 5.77. The molecule has 11 heteroatoms. The van der Waals surface area contributed by atoms with Crippen LogP contribution in [-0.2, 0) is 27.4 Å². The van der Waals surface area contributed by atoms with E-state index >= 15 is 0 Å². The van der Waals surface area contributed by atoms with Crippen LogP contribution in [0.1, 0.15) is 27.2 Å². The molecule has 0 bridgehead atoms. The average Bonchev–Trinajstić information content (AvgIpc) is 2.69. The van der Waals surface area contributed by atoms with Crippen molar-refractivity contribution in [3.05, 3.63) is 11.9 Å². The maximum absolute atomic E-state index is 12.1. The van der Waals surface area contributed by atoms with Gasteiger partial charge in [0, 0.05) is 26.0 Å². The Hall–Kier alpha value is 0.0249. The lowest BCUT2D eigenvalue weighted by Crippen LogP contribution is -2.31. The zero-order chi connectivity index (χ0) is 18.8. The molecule has 0 aliphatic heterocycles. The molecule has 0 saturated heterocycles. The number of rotatable bonds is 7. The van der Waals surface area contributed by atoms with Crippen molar-refractivity contribution in [1.82, 2.24) is 0 Å². The van der Waals surface area contributed by atoms with Crippen molar-refractivity contribution >= 4 is 23.3 Å². The third kappa shape index (κ3) is 6.73. The molecule has 6 atom stereocenters. The first kappa shape index (κ1) is 22.1. The highest BCUT2D eigenvalue weighted by Gasteiger charge is 2.45. The smallest absolute Gasteiger partial charge is 0.378 e. The van der Waals surface area contributed by atoms with Gasteiger partial charge in [-0.25, -0.2) is 4.57 Å². The molecule has 0 aromatic rings. The SMILES string of the molecule is [B][C@H]1C[C@H](/C=C/P(=O)(O)OC)[C@@H](OC)[C@H]1OP(=O)(O)OC(C)(C)C. The van der Waals surface area contributed by atoms with E-state index in [1.807, 2.05) is 0 Å². The Morgan fingerprint density at radius 3 is 2.21 bits per heavy atom. The first-order valence-electron chi connectivity index (χ1n) is 7.38. The zero-order valence-corrected chi connectivity index (χ0v) is 16.3. The predicted octanol–water partition coefficient (Wildman–Crippen LogP) is 2.62. The van der Waals surface area contributed by atoms with E-state index in [1.165, 1.54) is 13.2 Å². The van der Waals surface area contributed by atoms with Gasteiger partial charge in [-0.3, -0.25) is 13.6 Å². The third-order valence-electron chi connectivity index (χ3n) is 3.41. The van der Waals surface area contributed by atoms with Gasteiger partial charge in [-0.1, -0.05) is 6.08 Å². The lowest BCUT2D eigenvalue weighted by molar-refractivity contribution is -0.0215. The Morgan fingerprint density at radius 2 is 1.75 bits per heavy atom. The summed E-state index contributed by atoms with van der Waals surface area (Å²) in [5.41, 5.74) is -0.878. The molecule has 2 unspecified atom stereocenters. The maximum Gasteiger partial charge on any atom is 0.473 e. The molecule has 0 spiro atoms. The summed E-state index contributed by atoms with van der Waals surface area (Å²) in [5, 5.41) is 0. The fraction of sp³-hybridized carbons (Fsp3) is 0.846. The van der Waals surface area contributed by atoms with Crippen molar-refractivity contribution in [3.63, 3.8) is 0 Å². The summed E-state index contributed by atoms with van der Waals surface area (Å²) < 4.78 is 43.7. The molecule has 8 nitrogen and oxygen atoms in total. The molecule has 1 aliphatic carbocycles. The highest BCUT2D eigenvalue weighted by Crippen LogP contribution is 2.53. The van der Waals surface area contributed by atoms with E-state index in [0.29, 0.717) is 6.42 Å². The number of phosphoric acid groups is 1. The van der Waals surface area contributed by atoms with Crippen LogP contribution in [0.4, 0.5) is 0 Å². The van der Waals surface area contributed by atoms with E-state index in [1.54, 1.807) is 20.8 Å². The summed E-state index contributed by atoms with van der Waals surface area (Å²) in [4.78, 5) is 19.3. The van der Waals surface area contributed by atoms with E-state index in [4.69, 9.17) is 21.6 Å². The topological polar surface area (TPSA) is 112 Å². The standard InChI is InChI=1S/C13H25BO8P2/c1-13(2,3)22-24(17,18)21-12-10(14)8-9(11(12)19-4)6-7-23(15,16)20-5/h6-7,9-12H,8H2,1-5H3,(H,15,16)(H,17,18)/b7-6+/t9-,10-,11+,12-/m0/s1. The summed E-state index contributed by atoms with van der Waals surface area (Å²) >= 11 is 0. The lowest BCUT2D eigenvalue weighted by atomic mass is 9.84. The first-order valence-corrected chi connectivity index (χ1v) is 10.5. The summed E-state index contributed by atoms with van der Waals surface area (Å²) in [6.45, 7) is 4.87. The van der Waals surface area contributed by atoms with Crippen LogP contribution in [0.2, 0.25) is 5.82 Å². The normalized spacial score (nSPS) is 33.5. The number of phosphoric ester groups is 1. The molecule has 1 rings (SSSR count). The van der Waals surface area contributed by atoms with Crippen molar-refractivity contribution in [1.29, 1.82) is 0 Å². The van der Waals surface area contributed by atoms with Gasteiger partial charge in [-0.05, 0) is 33.0 Å². The zero-order valence-electron chi connectivity index (χ0n) is 14.5. The molecule has 0 amide bonds. The molecule has 2 N–H and O–H groups in total. The van der Waals surface area contributed by atoms with Gasteiger partial charge in [0.1, 0.15) is 0 Å². The summed E-state index contributed by atoms with van der Waals surface area (Å²) in [6, 6.07) is 0. The molecule has 1 fully saturated rings. The van der Waals surface area contributed by atoms with Gasteiger partial charge >= 0.3 is 15.4 Å². The second-order valence-corrected chi connectivity index (χ2v) is 9.72. The van der Waals surface area contributed by atoms with Crippen LogP contribution in [-0.4, -0.2) is 49.7 Å². The summed E-state index contributed by atoms with van der Waals surface area (Å²) in [7, 11) is 0.350. The van der Waals surface area contributed by atoms with Gasteiger partial charge in [0.05, 0.1) is 25.7 Å². The lowest BCUT2D eigenvalue weighted by Gasteiger charge is -2.29. The molecule has 24 heavy (non-hydrogen) atoms. The number of hydrogen-bond acceptors (Lipinski definition) is 6. The van der Waals surface area contributed by atoms with Crippen LogP contribution < -0.4 is 0 Å². The number of methoxy groups -OCH3 is 1. The second kappa shape index (κ2) is 8.15. The molecular weight excluding hydrogens is 357 g/mol. The molecule has 0 aromatic carbocycles. The molecule has 2 radical (unpaired) electrons. The van der Waals surface area contributed by atoms with Crippen molar-refractivity contribution in [3.8, 4) is 0 Å². The highest BCUT2D eigenvalue weighted by molar-refractivity contribution is 7.56. The molecule has 0 heterocycles. The molecular formula is C13H25BO8P2. The molecule has 1 aliphatic rings. The minimum absolute atomic E-state index is 0.346. The van der Waals surface area contributed by atoms with Crippen LogP contribution in [0, 0.1) is 5.92 Å². The fourth-order valence-corrected chi connectivity index (χ4v) is 4.39. The van der Waals surface area contributed by atoms with E-state index in [9.17, 15) is 18.9 Å². The Balaban J connectivity index is 2.89. The largest absolute Gasteiger partial charge is 0.473 e. The Bertz CT molecular complexity index is 547. The van der Waals surface area contributed by atoms with Crippen LogP contribution in [0.25, 0.3) is 0 Å².